The van der Waals surface area contributed by atoms with E-state index in [2.05, 4.69) is 20.7 Å². The molecule has 7 nitrogen and oxygen atoms in total. The van der Waals surface area contributed by atoms with Crippen LogP contribution in [0, 0.1) is 5.82 Å². The Balaban J connectivity index is 1.58. The topological polar surface area (TPSA) is 77.6 Å². The molecule has 0 fully saturated rings. The number of hydrogen-bond donors (Lipinski definition) is 1. The number of anilines is 1. The molecular weight excluding hydrogens is 416 g/mol. The van der Waals surface area contributed by atoms with E-state index in [1.807, 2.05) is 0 Å². The Labute approximate surface area is 172 Å². The first-order valence-electron chi connectivity index (χ1n) is 8.98. The summed E-state index contributed by atoms with van der Waals surface area (Å²) in [5.74, 6) is -1.84. The van der Waals surface area contributed by atoms with Crippen molar-refractivity contribution in [2.75, 3.05) is 5.32 Å². The number of carbonyl (C=O) groups is 1. The molecule has 1 amide bonds. The van der Waals surface area contributed by atoms with Gasteiger partial charge in [0.2, 0.25) is 0 Å². The van der Waals surface area contributed by atoms with Crippen LogP contribution in [-0.2, 0) is 12.7 Å². The smallest absolute Gasteiger partial charge is 0.321 e. The lowest BCUT2D eigenvalue weighted by Gasteiger charge is -2.11. The highest BCUT2D eigenvalue weighted by atomic mass is 19.4. The van der Waals surface area contributed by atoms with Crippen molar-refractivity contribution < 1.29 is 22.4 Å². The molecule has 4 aromatic rings. The SMILES string of the molecule is O=C(Nc1ccc(Cn2cccn2)cc1)c1nnn(-c2cccc(F)c2)c1C(F)(F)F. The number of nitrogens with zero attached hydrogens (tertiary/aromatic N) is 5. The second kappa shape index (κ2) is 8.01. The first kappa shape index (κ1) is 20.3. The molecule has 0 spiro atoms. The maximum Gasteiger partial charge on any atom is 0.435 e. The van der Waals surface area contributed by atoms with Gasteiger partial charge in [0.15, 0.2) is 11.4 Å². The number of aromatic nitrogens is 5. The van der Waals surface area contributed by atoms with Gasteiger partial charge >= 0.3 is 6.18 Å². The summed E-state index contributed by atoms with van der Waals surface area (Å²) in [4.78, 5) is 12.5. The Bertz CT molecular complexity index is 1200. The quantitative estimate of drug-likeness (QED) is 0.487. The third-order valence-electron chi connectivity index (χ3n) is 4.32. The van der Waals surface area contributed by atoms with Crippen LogP contribution in [0.3, 0.4) is 0 Å². The number of nitrogens with one attached hydrogen (secondary N) is 1. The molecule has 4 rings (SSSR count). The molecular formula is C20H14F4N6O. The van der Waals surface area contributed by atoms with Crippen LogP contribution < -0.4 is 5.32 Å². The number of rotatable bonds is 5. The minimum absolute atomic E-state index is 0.207. The van der Waals surface area contributed by atoms with Crippen molar-refractivity contribution in [3.8, 4) is 5.69 Å². The molecule has 0 radical (unpaired) electrons. The van der Waals surface area contributed by atoms with E-state index < -0.39 is 29.3 Å². The van der Waals surface area contributed by atoms with E-state index in [-0.39, 0.29) is 11.4 Å². The van der Waals surface area contributed by atoms with E-state index in [0.717, 1.165) is 17.7 Å². The van der Waals surface area contributed by atoms with Crippen LogP contribution in [0.15, 0.2) is 67.0 Å². The van der Waals surface area contributed by atoms with Gasteiger partial charge in [0.05, 0.1) is 12.2 Å². The molecule has 0 saturated carbocycles. The van der Waals surface area contributed by atoms with Gasteiger partial charge in [-0.25, -0.2) is 9.07 Å². The van der Waals surface area contributed by atoms with Gasteiger partial charge in [-0.2, -0.15) is 18.3 Å². The molecule has 0 bridgehead atoms. The predicted octanol–water partition coefficient (Wildman–Crippen LogP) is 3.92. The van der Waals surface area contributed by atoms with Crippen molar-refractivity contribution in [3.05, 3.63) is 89.8 Å². The molecule has 0 aliphatic carbocycles. The minimum atomic E-state index is -4.95. The van der Waals surface area contributed by atoms with Gasteiger partial charge in [0.25, 0.3) is 5.91 Å². The summed E-state index contributed by atoms with van der Waals surface area (Å²) in [6.07, 6.45) is -1.52. The van der Waals surface area contributed by atoms with Crippen molar-refractivity contribution >= 4 is 11.6 Å². The zero-order valence-corrected chi connectivity index (χ0v) is 15.7. The highest BCUT2D eigenvalue weighted by Crippen LogP contribution is 2.33. The van der Waals surface area contributed by atoms with Crippen LogP contribution >= 0.6 is 0 Å². The van der Waals surface area contributed by atoms with Crippen molar-refractivity contribution in [1.29, 1.82) is 0 Å². The van der Waals surface area contributed by atoms with Crippen LogP contribution in [0.5, 0.6) is 0 Å². The molecule has 0 aliphatic heterocycles. The van der Waals surface area contributed by atoms with Crippen LogP contribution in [0.1, 0.15) is 21.7 Å². The van der Waals surface area contributed by atoms with E-state index in [1.54, 1.807) is 47.4 Å². The third-order valence-corrected chi connectivity index (χ3v) is 4.32. The van der Waals surface area contributed by atoms with Gasteiger partial charge in [0, 0.05) is 18.1 Å². The molecule has 2 aromatic heterocycles. The Kier molecular flexibility index (Phi) is 5.24. The highest BCUT2D eigenvalue weighted by molar-refractivity contribution is 6.03. The van der Waals surface area contributed by atoms with Crippen molar-refractivity contribution in [1.82, 2.24) is 24.8 Å². The summed E-state index contributed by atoms with van der Waals surface area (Å²) < 4.78 is 56.6. The molecule has 158 valence electrons. The first-order valence-corrected chi connectivity index (χ1v) is 8.98. The summed E-state index contributed by atoms with van der Waals surface area (Å²) in [5, 5.41) is 13.3. The first-order chi connectivity index (χ1) is 14.8. The van der Waals surface area contributed by atoms with E-state index in [0.29, 0.717) is 11.2 Å². The lowest BCUT2D eigenvalue weighted by molar-refractivity contribution is -0.143. The van der Waals surface area contributed by atoms with E-state index >= 15 is 0 Å². The second-order valence-corrected chi connectivity index (χ2v) is 6.53. The number of carbonyl (C=O) groups excluding carboxylic acids is 1. The second-order valence-electron chi connectivity index (χ2n) is 6.53. The van der Waals surface area contributed by atoms with Gasteiger partial charge in [-0.1, -0.05) is 23.4 Å². The fraction of sp³-hybridized carbons (Fsp3) is 0.100. The Morgan fingerprint density at radius 1 is 1.06 bits per heavy atom. The summed E-state index contributed by atoms with van der Waals surface area (Å²) >= 11 is 0. The number of amides is 1. The molecule has 0 atom stereocenters. The molecule has 0 aliphatic rings. The number of hydrogen-bond acceptors (Lipinski definition) is 4. The fourth-order valence-corrected chi connectivity index (χ4v) is 2.94. The van der Waals surface area contributed by atoms with Gasteiger partial charge in [-0.3, -0.25) is 9.48 Å². The van der Waals surface area contributed by atoms with E-state index in [9.17, 15) is 22.4 Å². The maximum atomic E-state index is 13.7. The molecule has 31 heavy (non-hydrogen) atoms. The third kappa shape index (κ3) is 4.44. The number of halogens is 4. The average Bonchev–Trinajstić information content (AvgIpc) is 3.39. The van der Waals surface area contributed by atoms with E-state index in [4.69, 9.17) is 0 Å². The summed E-state index contributed by atoms with van der Waals surface area (Å²) in [6.45, 7) is 0.501. The summed E-state index contributed by atoms with van der Waals surface area (Å²) in [5.41, 5.74) is -1.36. The Morgan fingerprint density at radius 2 is 1.84 bits per heavy atom. The fourth-order valence-electron chi connectivity index (χ4n) is 2.94. The normalized spacial score (nSPS) is 11.5. The van der Waals surface area contributed by atoms with Gasteiger partial charge in [-0.05, 0) is 42.0 Å². The lowest BCUT2D eigenvalue weighted by Crippen LogP contribution is -2.21. The Hall–Kier alpha value is -4.02. The monoisotopic (exact) mass is 430 g/mol. The van der Waals surface area contributed by atoms with Crippen LogP contribution in [0.25, 0.3) is 5.69 Å². The molecule has 11 heteroatoms. The van der Waals surface area contributed by atoms with Crippen molar-refractivity contribution in [2.45, 2.75) is 12.7 Å². The van der Waals surface area contributed by atoms with Crippen LogP contribution in [0.4, 0.5) is 23.2 Å². The number of benzene rings is 2. The predicted molar refractivity (Wildman–Crippen MR) is 102 cm³/mol. The molecule has 0 saturated heterocycles. The Morgan fingerprint density at radius 3 is 2.48 bits per heavy atom. The van der Waals surface area contributed by atoms with Gasteiger partial charge in [0.1, 0.15) is 5.82 Å². The molecule has 1 N–H and O–H groups in total. The largest absolute Gasteiger partial charge is 0.435 e. The zero-order chi connectivity index (χ0) is 22.0. The van der Waals surface area contributed by atoms with E-state index in [1.165, 1.54) is 12.1 Å². The van der Waals surface area contributed by atoms with Crippen molar-refractivity contribution in [2.24, 2.45) is 0 Å². The highest BCUT2D eigenvalue weighted by Gasteiger charge is 2.42. The lowest BCUT2D eigenvalue weighted by atomic mass is 10.2. The standard InChI is InChI=1S/C20H14F4N6O/c21-14-3-1-4-16(11-14)30-18(20(22,23)24)17(27-28-30)19(31)26-15-7-5-13(6-8-15)12-29-10-2-9-25-29/h1-11H,12H2,(H,26,31). The number of alkyl halides is 3. The van der Waals surface area contributed by atoms with Crippen molar-refractivity contribution in [3.63, 3.8) is 0 Å². The summed E-state index contributed by atoms with van der Waals surface area (Å²) in [7, 11) is 0. The maximum absolute atomic E-state index is 13.7. The van der Waals surface area contributed by atoms with Crippen LogP contribution in [0.2, 0.25) is 0 Å². The molecule has 2 aromatic carbocycles. The molecule has 0 unspecified atom stereocenters. The van der Waals surface area contributed by atoms with Gasteiger partial charge < -0.3 is 5.32 Å². The minimum Gasteiger partial charge on any atom is -0.321 e. The average molecular weight is 430 g/mol. The zero-order valence-electron chi connectivity index (χ0n) is 15.7. The van der Waals surface area contributed by atoms with Crippen LogP contribution in [-0.4, -0.2) is 30.7 Å². The molecule has 2 heterocycles. The van der Waals surface area contributed by atoms with Gasteiger partial charge in [-0.15, -0.1) is 5.10 Å². The summed E-state index contributed by atoms with van der Waals surface area (Å²) in [6, 6.07) is 12.7.